The zero-order valence-electron chi connectivity index (χ0n) is 16.9. The molecule has 1 fully saturated rings. The highest BCUT2D eigenvalue weighted by molar-refractivity contribution is 5.76. The van der Waals surface area contributed by atoms with E-state index in [1.807, 2.05) is 18.2 Å². The third-order valence-corrected chi connectivity index (χ3v) is 5.34. The van der Waals surface area contributed by atoms with Crippen LogP contribution in [0.25, 0.3) is 0 Å². The average molecular weight is 363 g/mol. The summed E-state index contributed by atoms with van der Waals surface area (Å²) in [4.78, 5) is 14.9. The number of carbonyl (C=O) groups is 1. The molecule has 2 rings (SSSR count). The van der Waals surface area contributed by atoms with E-state index in [-0.39, 0.29) is 11.4 Å². The zero-order chi connectivity index (χ0) is 19.2. The van der Waals surface area contributed by atoms with Crippen LogP contribution in [0.5, 0.6) is 11.5 Å². The van der Waals surface area contributed by atoms with Gasteiger partial charge >= 0.3 is 0 Å². The summed E-state index contributed by atoms with van der Waals surface area (Å²) in [5.41, 5.74) is 0.976. The number of hydrogen-bond donors (Lipinski definition) is 1. The fourth-order valence-electron chi connectivity index (χ4n) is 3.58. The highest BCUT2D eigenvalue weighted by Crippen LogP contribution is 2.25. The molecule has 1 amide bonds. The summed E-state index contributed by atoms with van der Waals surface area (Å²) in [6.45, 7) is 9.65. The van der Waals surface area contributed by atoms with Crippen molar-refractivity contribution in [1.82, 2.24) is 10.2 Å². The maximum atomic E-state index is 12.4. The molecule has 5 nitrogen and oxygen atoms in total. The van der Waals surface area contributed by atoms with Crippen LogP contribution in [-0.4, -0.2) is 50.2 Å². The lowest BCUT2D eigenvalue weighted by atomic mass is 9.93. The molecule has 1 heterocycles. The Morgan fingerprint density at radius 3 is 2.73 bits per heavy atom. The Labute approximate surface area is 158 Å². The van der Waals surface area contributed by atoms with Gasteiger partial charge in [-0.05, 0) is 69.3 Å². The second kappa shape index (κ2) is 9.26. The van der Waals surface area contributed by atoms with Gasteiger partial charge in [0, 0.05) is 25.0 Å². The van der Waals surface area contributed by atoms with Crippen molar-refractivity contribution < 1.29 is 14.3 Å². The molecular weight excluding hydrogens is 328 g/mol. The largest absolute Gasteiger partial charge is 0.497 e. The van der Waals surface area contributed by atoms with Gasteiger partial charge in [0.15, 0.2) is 0 Å². The van der Waals surface area contributed by atoms with E-state index in [9.17, 15) is 4.79 Å². The van der Waals surface area contributed by atoms with Crippen molar-refractivity contribution in [3.05, 3.63) is 23.8 Å². The number of piperidine rings is 1. The lowest BCUT2D eigenvalue weighted by Crippen LogP contribution is -2.54. The molecular formula is C21H34N2O3. The number of carbonyl (C=O) groups excluding carboxylic acids is 1. The van der Waals surface area contributed by atoms with E-state index in [2.05, 4.69) is 31.0 Å². The fraction of sp³-hybridized carbons (Fsp3) is 0.667. The molecule has 0 saturated carbocycles. The molecule has 0 radical (unpaired) electrons. The second-order valence-electron chi connectivity index (χ2n) is 7.96. The van der Waals surface area contributed by atoms with Crippen LogP contribution in [0.1, 0.15) is 45.6 Å². The fourth-order valence-corrected chi connectivity index (χ4v) is 3.58. The minimum Gasteiger partial charge on any atom is -0.497 e. The Balaban J connectivity index is 1.85. The lowest BCUT2D eigenvalue weighted by molar-refractivity contribution is -0.121. The number of nitrogens with zero attached hydrogens (tertiary/aromatic N) is 1. The maximum absolute atomic E-state index is 12.4. The van der Waals surface area contributed by atoms with Crippen molar-refractivity contribution in [2.24, 2.45) is 5.92 Å². The Morgan fingerprint density at radius 1 is 1.31 bits per heavy atom. The quantitative estimate of drug-likeness (QED) is 0.771. The van der Waals surface area contributed by atoms with Crippen molar-refractivity contribution >= 4 is 5.91 Å². The molecule has 26 heavy (non-hydrogen) atoms. The minimum absolute atomic E-state index is 0.0159. The molecule has 0 aromatic heterocycles. The Kier molecular flexibility index (Phi) is 7.33. The number of nitrogens with one attached hydrogen (secondary N) is 1. The first-order valence-corrected chi connectivity index (χ1v) is 9.58. The number of hydrogen-bond acceptors (Lipinski definition) is 4. The monoisotopic (exact) mass is 362 g/mol. The third-order valence-electron chi connectivity index (χ3n) is 5.34. The second-order valence-corrected chi connectivity index (χ2v) is 7.96. The molecule has 1 aromatic rings. The summed E-state index contributed by atoms with van der Waals surface area (Å²) in [6, 6.07) is 5.68. The number of benzene rings is 1. The van der Waals surface area contributed by atoms with Gasteiger partial charge in [0.1, 0.15) is 11.5 Å². The van der Waals surface area contributed by atoms with Crippen LogP contribution < -0.4 is 14.8 Å². The van der Waals surface area contributed by atoms with Gasteiger partial charge in [0.05, 0.1) is 14.2 Å². The van der Waals surface area contributed by atoms with Crippen LogP contribution in [-0.2, 0) is 11.2 Å². The summed E-state index contributed by atoms with van der Waals surface area (Å²) in [5.74, 6) is 2.38. The molecule has 1 aliphatic heterocycles. The molecule has 1 saturated heterocycles. The van der Waals surface area contributed by atoms with Crippen LogP contribution in [0.15, 0.2) is 18.2 Å². The number of rotatable bonds is 8. The first-order chi connectivity index (χ1) is 12.4. The van der Waals surface area contributed by atoms with Crippen molar-refractivity contribution in [3.8, 4) is 11.5 Å². The number of likely N-dealkylation sites (tertiary alicyclic amines) is 1. The summed E-state index contributed by atoms with van der Waals surface area (Å²) >= 11 is 0. The Hall–Kier alpha value is -1.75. The first-order valence-electron chi connectivity index (χ1n) is 9.58. The van der Waals surface area contributed by atoms with Gasteiger partial charge in [0.25, 0.3) is 0 Å². The van der Waals surface area contributed by atoms with Gasteiger partial charge in [-0.2, -0.15) is 0 Å². The predicted octanol–water partition coefficient (Wildman–Crippen LogP) is 3.26. The van der Waals surface area contributed by atoms with E-state index < -0.39 is 0 Å². The number of ether oxygens (including phenoxy) is 2. The van der Waals surface area contributed by atoms with Crippen LogP contribution in [0.3, 0.4) is 0 Å². The van der Waals surface area contributed by atoms with Gasteiger partial charge < -0.3 is 14.8 Å². The van der Waals surface area contributed by atoms with Crippen LogP contribution >= 0.6 is 0 Å². The maximum Gasteiger partial charge on any atom is 0.220 e. The van der Waals surface area contributed by atoms with Crippen LogP contribution in [0, 0.1) is 5.92 Å². The topological polar surface area (TPSA) is 50.8 Å². The zero-order valence-corrected chi connectivity index (χ0v) is 16.9. The Morgan fingerprint density at radius 2 is 2.08 bits per heavy atom. The molecule has 0 aliphatic carbocycles. The van der Waals surface area contributed by atoms with Crippen molar-refractivity contribution in [3.63, 3.8) is 0 Å². The van der Waals surface area contributed by atoms with E-state index in [0.29, 0.717) is 19.4 Å². The minimum atomic E-state index is -0.0159. The normalized spacial score (nSPS) is 18.4. The van der Waals surface area contributed by atoms with Crippen molar-refractivity contribution in [2.75, 3.05) is 33.9 Å². The van der Waals surface area contributed by atoms with Gasteiger partial charge in [-0.15, -0.1) is 0 Å². The van der Waals surface area contributed by atoms with Crippen molar-refractivity contribution in [1.29, 1.82) is 0 Å². The molecule has 1 aliphatic rings. The number of amides is 1. The van der Waals surface area contributed by atoms with E-state index >= 15 is 0 Å². The molecule has 1 aromatic carbocycles. The molecule has 0 spiro atoms. The molecule has 1 atom stereocenters. The predicted molar refractivity (Wildman–Crippen MR) is 105 cm³/mol. The summed E-state index contributed by atoms with van der Waals surface area (Å²) in [5, 5.41) is 3.12. The van der Waals surface area contributed by atoms with E-state index in [4.69, 9.17) is 9.47 Å². The van der Waals surface area contributed by atoms with Gasteiger partial charge in [-0.25, -0.2) is 0 Å². The van der Waals surface area contributed by atoms with Crippen LogP contribution in [0.4, 0.5) is 0 Å². The smallest absolute Gasteiger partial charge is 0.220 e. The van der Waals surface area contributed by atoms with E-state index in [1.54, 1.807) is 14.2 Å². The molecule has 0 bridgehead atoms. The average Bonchev–Trinajstić information content (AvgIpc) is 2.64. The van der Waals surface area contributed by atoms with Gasteiger partial charge in [-0.3, -0.25) is 9.69 Å². The van der Waals surface area contributed by atoms with Gasteiger partial charge in [0.2, 0.25) is 5.91 Å². The first kappa shape index (κ1) is 20.6. The van der Waals surface area contributed by atoms with Crippen LogP contribution in [0.2, 0.25) is 0 Å². The Bertz CT molecular complexity index is 601. The van der Waals surface area contributed by atoms with Crippen molar-refractivity contribution in [2.45, 2.75) is 52.0 Å². The number of methoxy groups -OCH3 is 2. The van der Waals surface area contributed by atoms with E-state index in [1.165, 1.54) is 12.8 Å². The molecule has 5 heteroatoms. The third kappa shape index (κ3) is 5.63. The summed E-state index contributed by atoms with van der Waals surface area (Å²) < 4.78 is 10.7. The lowest BCUT2D eigenvalue weighted by Gasteiger charge is -2.43. The highest BCUT2D eigenvalue weighted by Gasteiger charge is 2.30. The highest BCUT2D eigenvalue weighted by atomic mass is 16.5. The molecule has 1 unspecified atom stereocenters. The molecule has 1 N–H and O–H groups in total. The SMILES string of the molecule is COc1ccc(OC)c(CCC(=O)NCC(C)(C)N2CCCC(C)C2)c1. The van der Waals surface area contributed by atoms with E-state index in [0.717, 1.165) is 36.1 Å². The summed E-state index contributed by atoms with van der Waals surface area (Å²) in [7, 11) is 3.29. The van der Waals surface area contributed by atoms with Gasteiger partial charge in [-0.1, -0.05) is 6.92 Å². The molecule has 146 valence electrons. The standard InChI is InChI=1S/C21H34N2O3/c1-16-7-6-12-23(14-16)21(2,3)15-22-20(24)11-8-17-13-18(25-4)9-10-19(17)26-5/h9-10,13,16H,6-8,11-12,14-15H2,1-5H3,(H,22,24). The number of aryl methyl sites for hydroxylation is 1. The summed E-state index contributed by atoms with van der Waals surface area (Å²) in [6.07, 6.45) is 3.62.